The molecule has 0 aromatic heterocycles. The summed E-state index contributed by atoms with van der Waals surface area (Å²) in [5.74, 6) is -2.54. The van der Waals surface area contributed by atoms with Crippen LogP contribution >= 0.6 is 0 Å². The molecule has 3 fully saturated rings. The molecule has 3 rings (SSSR count). The molecule has 0 bridgehead atoms. The number of nitrogens with one attached hydrogen (secondary N) is 4. The van der Waals surface area contributed by atoms with Crippen LogP contribution in [0, 0.1) is 0 Å². The first-order valence-electron chi connectivity index (χ1n) is 12.4. The van der Waals surface area contributed by atoms with Gasteiger partial charge in [0.1, 0.15) is 60.8 Å². The van der Waals surface area contributed by atoms with Crippen molar-refractivity contribution < 1.29 is 63.7 Å². The zero-order chi connectivity index (χ0) is 29.0. The van der Waals surface area contributed by atoms with Crippen molar-refractivity contribution in [1.82, 2.24) is 21.3 Å². The van der Waals surface area contributed by atoms with Crippen LogP contribution in [0.3, 0.4) is 0 Å². The topological polar surface area (TPSA) is 264 Å². The average Bonchev–Trinajstić information content (AvgIpc) is 3.68. The Kier molecular flexibility index (Phi) is 10.5. The number of esters is 1. The molecule has 0 aromatic rings. The Morgan fingerprint density at radius 1 is 0.821 bits per heavy atom. The lowest BCUT2D eigenvalue weighted by atomic mass is 9.94. The molecule has 3 amide bonds. The van der Waals surface area contributed by atoms with Gasteiger partial charge in [-0.1, -0.05) is 0 Å². The summed E-state index contributed by atoms with van der Waals surface area (Å²) in [6, 6.07) is -4.50. The van der Waals surface area contributed by atoms with E-state index in [0.29, 0.717) is 0 Å². The molecule has 3 saturated heterocycles. The smallest absolute Gasteiger partial charge is 0.325 e. The third-order valence-electron chi connectivity index (χ3n) is 6.50. The molecule has 3 aliphatic heterocycles. The maximum atomic E-state index is 12.7. The predicted molar refractivity (Wildman–Crippen MR) is 125 cm³/mol. The molecule has 0 aliphatic carbocycles. The molecule has 17 nitrogen and oxygen atoms in total. The van der Waals surface area contributed by atoms with Gasteiger partial charge in [0.05, 0.1) is 19.8 Å². The van der Waals surface area contributed by atoms with Crippen molar-refractivity contribution in [2.75, 3.05) is 19.8 Å². The van der Waals surface area contributed by atoms with E-state index in [1.165, 1.54) is 0 Å². The summed E-state index contributed by atoms with van der Waals surface area (Å²) >= 11 is 0. The second kappa shape index (κ2) is 13.2. The Morgan fingerprint density at radius 2 is 1.44 bits per heavy atom. The normalized spacial score (nSPS) is 39.8. The Balaban J connectivity index is 1.79. The number of hydrogen-bond donors (Lipinski definition) is 9. The van der Waals surface area contributed by atoms with E-state index in [1.807, 2.05) is 0 Å². The molecular formula is C22H36N4O13. The van der Waals surface area contributed by atoms with Crippen molar-refractivity contribution >= 4 is 23.7 Å². The van der Waals surface area contributed by atoms with Gasteiger partial charge in [0.25, 0.3) is 0 Å². The van der Waals surface area contributed by atoms with Crippen LogP contribution in [-0.4, -0.2) is 142 Å². The Labute approximate surface area is 223 Å². The first-order valence-corrected chi connectivity index (χ1v) is 12.4. The maximum Gasteiger partial charge on any atom is 0.325 e. The van der Waals surface area contributed by atoms with Crippen molar-refractivity contribution in [2.24, 2.45) is 0 Å². The van der Waals surface area contributed by atoms with Crippen molar-refractivity contribution in [3.63, 3.8) is 0 Å². The summed E-state index contributed by atoms with van der Waals surface area (Å²) < 4.78 is 22.0. The van der Waals surface area contributed by atoms with E-state index in [2.05, 4.69) is 21.3 Å². The number of hydrogen-bond acceptors (Lipinski definition) is 14. The van der Waals surface area contributed by atoms with Crippen LogP contribution in [0.15, 0.2) is 0 Å². The Hall–Kier alpha value is -2.48. The number of aliphatic hydroxyl groups is 5. The molecule has 222 valence electrons. The maximum absolute atomic E-state index is 12.7. The van der Waals surface area contributed by atoms with Gasteiger partial charge < -0.3 is 60.4 Å². The minimum Gasteiger partial charge on any atom is -0.465 e. The van der Waals surface area contributed by atoms with E-state index in [1.54, 1.807) is 6.92 Å². The lowest BCUT2D eigenvalue weighted by molar-refractivity contribution is -0.315. The van der Waals surface area contributed by atoms with Gasteiger partial charge in [-0.05, 0) is 6.92 Å². The fourth-order valence-electron chi connectivity index (χ4n) is 4.56. The molecule has 0 saturated carbocycles. The van der Waals surface area contributed by atoms with Crippen LogP contribution in [0.2, 0.25) is 0 Å². The number of carbonyl (C=O) groups is 4. The second-order valence-corrected chi connectivity index (χ2v) is 9.41. The first kappa shape index (κ1) is 31.1. The molecule has 0 spiro atoms. The molecular weight excluding hydrogens is 528 g/mol. The third kappa shape index (κ3) is 7.19. The van der Waals surface area contributed by atoms with Gasteiger partial charge in [-0.25, -0.2) is 0 Å². The van der Waals surface area contributed by atoms with Crippen LogP contribution in [0.4, 0.5) is 0 Å². The van der Waals surface area contributed by atoms with E-state index in [0.717, 1.165) is 13.8 Å². The first-order chi connectivity index (χ1) is 18.4. The van der Waals surface area contributed by atoms with E-state index >= 15 is 0 Å². The predicted octanol–water partition coefficient (Wildman–Crippen LogP) is -6.08. The minimum atomic E-state index is -1.66. The summed E-state index contributed by atoms with van der Waals surface area (Å²) in [5, 5.41) is 61.4. The highest BCUT2D eigenvalue weighted by Gasteiger charge is 2.54. The molecule has 9 N–H and O–H groups in total. The number of ether oxygens (including phenoxy) is 4. The van der Waals surface area contributed by atoms with Gasteiger partial charge in [-0.3, -0.25) is 24.5 Å². The fourth-order valence-corrected chi connectivity index (χ4v) is 4.56. The number of carbonyl (C=O) groups excluding carboxylic acids is 4. The van der Waals surface area contributed by atoms with Gasteiger partial charge in [0.15, 0.2) is 12.5 Å². The number of rotatable bonds is 10. The largest absolute Gasteiger partial charge is 0.465 e. The minimum absolute atomic E-state index is 0.121. The molecule has 0 radical (unpaired) electrons. The standard InChI is InChI=1S/C22H36N4O13/c1-4-36-21(35)12-11(25-12)19(34)26-20-13(23-7(2)29)17(33)18(10(6-28)37-20)39-22-14(24-8(3)30)16(32)15(31)9(5-27)38-22/h9-18,20,22,25,27-28,31-33H,4-6H2,1-3H3,(H,23,29)(H,24,30)(H,26,34)/t9-,10-,11-,12-,13-,14-,15-,16-,17-,18-,20-,22+/m1/s1. The van der Waals surface area contributed by atoms with E-state index < -0.39 is 110 Å². The Bertz CT molecular complexity index is 909. The van der Waals surface area contributed by atoms with Crippen LogP contribution < -0.4 is 21.3 Å². The summed E-state index contributed by atoms with van der Waals surface area (Å²) in [4.78, 5) is 48.2. The van der Waals surface area contributed by atoms with Gasteiger partial charge in [-0.2, -0.15) is 0 Å². The van der Waals surface area contributed by atoms with Crippen LogP contribution in [0.1, 0.15) is 20.8 Å². The Morgan fingerprint density at radius 3 is 2.00 bits per heavy atom. The SMILES string of the molecule is CCOC(=O)[C@@H]1N[C@H]1C(=O)N[C@@H]1O[C@H](CO)[C@@H](O[C@@H]2O[C@H](CO)[C@@H](O)[C@H](O)[C@H]2NC(C)=O)[C@H](O)[C@H]1NC(C)=O. The molecule has 0 aromatic carbocycles. The molecule has 17 heteroatoms. The summed E-state index contributed by atoms with van der Waals surface area (Å²) in [6.45, 7) is 2.56. The molecule has 0 unspecified atom stereocenters. The lowest BCUT2D eigenvalue weighted by Gasteiger charge is -2.48. The summed E-state index contributed by atoms with van der Waals surface area (Å²) in [5.41, 5.74) is 0. The molecule has 12 atom stereocenters. The number of aliphatic hydroxyl groups excluding tert-OH is 5. The highest BCUT2D eigenvalue weighted by atomic mass is 16.7. The van der Waals surface area contributed by atoms with E-state index in [9.17, 15) is 44.7 Å². The molecule has 3 aliphatic rings. The van der Waals surface area contributed by atoms with Gasteiger partial charge in [-0.15, -0.1) is 0 Å². The van der Waals surface area contributed by atoms with Crippen molar-refractivity contribution in [2.45, 2.75) is 94.1 Å². The highest BCUT2D eigenvalue weighted by Crippen LogP contribution is 2.29. The van der Waals surface area contributed by atoms with Crippen molar-refractivity contribution in [3.8, 4) is 0 Å². The van der Waals surface area contributed by atoms with Crippen molar-refractivity contribution in [3.05, 3.63) is 0 Å². The number of amides is 3. The van der Waals surface area contributed by atoms with Crippen molar-refractivity contribution in [1.29, 1.82) is 0 Å². The zero-order valence-corrected chi connectivity index (χ0v) is 21.6. The quantitative estimate of drug-likeness (QED) is 0.0883. The summed E-state index contributed by atoms with van der Waals surface area (Å²) in [7, 11) is 0. The average molecular weight is 565 g/mol. The lowest BCUT2D eigenvalue weighted by Crippen LogP contribution is -2.71. The van der Waals surface area contributed by atoms with Crippen LogP contribution in [0.25, 0.3) is 0 Å². The van der Waals surface area contributed by atoms with Gasteiger partial charge in [0, 0.05) is 13.8 Å². The fraction of sp³-hybridized carbons (Fsp3) is 0.818. The zero-order valence-electron chi connectivity index (χ0n) is 21.6. The highest BCUT2D eigenvalue weighted by molar-refractivity contribution is 5.95. The molecule has 3 heterocycles. The van der Waals surface area contributed by atoms with Gasteiger partial charge >= 0.3 is 5.97 Å². The summed E-state index contributed by atoms with van der Waals surface area (Å²) in [6.07, 6.45) is -11.9. The van der Waals surface area contributed by atoms with Gasteiger partial charge in [0.2, 0.25) is 17.7 Å². The third-order valence-corrected chi connectivity index (χ3v) is 6.50. The van der Waals surface area contributed by atoms with E-state index in [-0.39, 0.29) is 6.61 Å². The second-order valence-electron chi connectivity index (χ2n) is 9.41. The molecule has 39 heavy (non-hydrogen) atoms. The van der Waals surface area contributed by atoms with Crippen LogP contribution in [0.5, 0.6) is 0 Å². The van der Waals surface area contributed by atoms with Crippen LogP contribution in [-0.2, 0) is 38.1 Å². The van der Waals surface area contributed by atoms with E-state index in [4.69, 9.17) is 18.9 Å². The monoisotopic (exact) mass is 564 g/mol.